The number of nitrogens with one attached hydrogen (secondary N) is 2. The van der Waals surface area contributed by atoms with E-state index < -0.39 is 10.0 Å². The molecule has 122 valence electrons. The molecule has 0 amide bonds. The third-order valence-corrected chi connectivity index (χ3v) is 4.79. The highest BCUT2D eigenvalue weighted by Gasteiger charge is 2.19. The molecule has 0 bridgehead atoms. The Morgan fingerprint density at radius 1 is 1.43 bits per heavy atom. The maximum atomic E-state index is 12.3. The van der Waals surface area contributed by atoms with Crippen molar-refractivity contribution in [3.8, 4) is 0 Å². The zero-order chi connectivity index (χ0) is 15.9. The highest BCUT2D eigenvalue weighted by molar-refractivity contribution is 7.89. The van der Waals surface area contributed by atoms with Gasteiger partial charge in [-0.15, -0.1) is 0 Å². The molecule has 1 atom stereocenters. The molecule has 2 N–H and O–H groups in total. The second-order valence-corrected chi connectivity index (χ2v) is 6.97. The van der Waals surface area contributed by atoms with E-state index in [1.54, 1.807) is 19.4 Å². The molecule has 21 heavy (non-hydrogen) atoms. The SMILES string of the molecule is CCCNCc1cc(S(=O)(=O)NC(C)CCOC)cn1C. The van der Waals surface area contributed by atoms with Crippen LogP contribution in [0.1, 0.15) is 32.4 Å². The van der Waals surface area contributed by atoms with Crippen LogP contribution in [0.2, 0.25) is 0 Å². The van der Waals surface area contributed by atoms with E-state index in [0.717, 1.165) is 18.7 Å². The van der Waals surface area contributed by atoms with Crippen molar-refractivity contribution in [2.75, 3.05) is 20.3 Å². The van der Waals surface area contributed by atoms with Crippen LogP contribution in [-0.2, 0) is 28.4 Å². The van der Waals surface area contributed by atoms with E-state index in [1.165, 1.54) is 0 Å². The molecule has 0 saturated carbocycles. The smallest absolute Gasteiger partial charge is 0.242 e. The monoisotopic (exact) mass is 317 g/mol. The standard InChI is InChI=1S/C14H27N3O3S/c1-5-7-15-10-13-9-14(11-17(13)3)21(18,19)16-12(2)6-8-20-4/h9,11-12,15-16H,5-8,10H2,1-4H3. The number of hydrogen-bond acceptors (Lipinski definition) is 4. The van der Waals surface area contributed by atoms with Gasteiger partial charge in [0.25, 0.3) is 0 Å². The van der Waals surface area contributed by atoms with Gasteiger partial charge < -0.3 is 14.6 Å². The second-order valence-electron chi connectivity index (χ2n) is 5.26. The summed E-state index contributed by atoms with van der Waals surface area (Å²) in [7, 11) is -0.0137. The summed E-state index contributed by atoms with van der Waals surface area (Å²) in [6, 6.07) is 1.56. The number of methoxy groups -OCH3 is 1. The lowest BCUT2D eigenvalue weighted by atomic mass is 10.3. The van der Waals surface area contributed by atoms with Crippen molar-refractivity contribution in [2.24, 2.45) is 7.05 Å². The number of nitrogens with zero attached hydrogens (tertiary/aromatic N) is 1. The zero-order valence-corrected chi connectivity index (χ0v) is 14.2. The van der Waals surface area contributed by atoms with Crippen LogP contribution in [0.4, 0.5) is 0 Å². The predicted octanol–water partition coefficient (Wildman–Crippen LogP) is 1.23. The van der Waals surface area contributed by atoms with E-state index in [-0.39, 0.29) is 6.04 Å². The summed E-state index contributed by atoms with van der Waals surface area (Å²) in [4.78, 5) is 0.308. The maximum absolute atomic E-state index is 12.3. The Morgan fingerprint density at radius 3 is 2.76 bits per heavy atom. The van der Waals surface area contributed by atoms with Gasteiger partial charge in [-0.3, -0.25) is 0 Å². The van der Waals surface area contributed by atoms with Gasteiger partial charge in [0.05, 0.1) is 4.90 Å². The molecule has 0 radical (unpaired) electrons. The first kappa shape index (κ1) is 18.2. The third kappa shape index (κ3) is 5.78. The molecule has 0 aromatic carbocycles. The van der Waals surface area contributed by atoms with Crippen LogP contribution in [-0.4, -0.2) is 39.3 Å². The van der Waals surface area contributed by atoms with Crippen molar-refractivity contribution in [2.45, 2.75) is 44.2 Å². The van der Waals surface area contributed by atoms with Crippen LogP contribution >= 0.6 is 0 Å². The van der Waals surface area contributed by atoms with Crippen LogP contribution in [0.5, 0.6) is 0 Å². The normalized spacial score (nSPS) is 13.5. The summed E-state index contributed by atoms with van der Waals surface area (Å²) in [5, 5.41) is 3.27. The summed E-state index contributed by atoms with van der Waals surface area (Å²) in [5.41, 5.74) is 0.952. The molecule has 1 heterocycles. The van der Waals surface area contributed by atoms with E-state index in [2.05, 4.69) is 17.0 Å². The Bertz CT molecular complexity index is 526. The van der Waals surface area contributed by atoms with Gasteiger partial charge in [0.1, 0.15) is 0 Å². The lowest BCUT2D eigenvalue weighted by Crippen LogP contribution is -2.33. The van der Waals surface area contributed by atoms with Gasteiger partial charge in [-0.25, -0.2) is 13.1 Å². The third-order valence-electron chi connectivity index (χ3n) is 3.24. The average molecular weight is 317 g/mol. The van der Waals surface area contributed by atoms with Crippen molar-refractivity contribution >= 4 is 10.0 Å². The lowest BCUT2D eigenvalue weighted by Gasteiger charge is -2.12. The van der Waals surface area contributed by atoms with Crippen molar-refractivity contribution in [3.05, 3.63) is 18.0 Å². The second kappa shape index (κ2) is 8.53. The first-order chi connectivity index (χ1) is 9.90. The van der Waals surface area contributed by atoms with Gasteiger partial charge in [-0.05, 0) is 32.4 Å². The summed E-state index contributed by atoms with van der Waals surface area (Å²) >= 11 is 0. The quantitative estimate of drug-likeness (QED) is 0.637. The fourth-order valence-electron chi connectivity index (χ4n) is 1.98. The molecular formula is C14H27N3O3S. The Kier molecular flexibility index (Phi) is 7.37. The summed E-state index contributed by atoms with van der Waals surface area (Å²) < 4.78 is 34.1. The van der Waals surface area contributed by atoms with Gasteiger partial charge in [0.2, 0.25) is 10.0 Å². The van der Waals surface area contributed by atoms with Gasteiger partial charge in [0.15, 0.2) is 0 Å². The van der Waals surface area contributed by atoms with Crippen LogP contribution in [0.3, 0.4) is 0 Å². The Hall–Kier alpha value is -0.890. The van der Waals surface area contributed by atoms with Crippen LogP contribution < -0.4 is 10.0 Å². The van der Waals surface area contributed by atoms with Gasteiger partial charge in [-0.1, -0.05) is 6.92 Å². The molecule has 1 unspecified atom stereocenters. The molecule has 0 spiro atoms. The number of aromatic nitrogens is 1. The molecule has 0 saturated heterocycles. The van der Waals surface area contributed by atoms with E-state index >= 15 is 0 Å². The molecule has 1 aromatic heterocycles. The molecule has 0 aliphatic carbocycles. The molecule has 0 fully saturated rings. The number of aryl methyl sites for hydroxylation is 1. The first-order valence-corrected chi connectivity index (χ1v) is 8.76. The Morgan fingerprint density at radius 2 is 2.14 bits per heavy atom. The predicted molar refractivity (Wildman–Crippen MR) is 83.7 cm³/mol. The minimum atomic E-state index is -3.48. The molecule has 7 heteroatoms. The van der Waals surface area contributed by atoms with Crippen molar-refractivity contribution in [1.82, 2.24) is 14.6 Å². The Balaban J connectivity index is 2.72. The fourth-order valence-corrected chi connectivity index (χ4v) is 3.35. The molecular weight excluding hydrogens is 290 g/mol. The van der Waals surface area contributed by atoms with Crippen molar-refractivity contribution in [3.63, 3.8) is 0 Å². The highest BCUT2D eigenvalue weighted by Crippen LogP contribution is 2.14. The molecule has 1 aromatic rings. The minimum absolute atomic E-state index is 0.156. The Labute approximate surface area is 127 Å². The van der Waals surface area contributed by atoms with Crippen molar-refractivity contribution < 1.29 is 13.2 Å². The molecule has 1 rings (SSSR count). The van der Waals surface area contributed by atoms with Gasteiger partial charge in [-0.2, -0.15) is 0 Å². The van der Waals surface area contributed by atoms with Crippen LogP contribution in [0, 0.1) is 0 Å². The van der Waals surface area contributed by atoms with Crippen molar-refractivity contribution in [1.29, 1.82) is 0 Å². The number of sulfonamides is 1. The summed E-state index contributed by atoms with van der Waals surface area (Å²) in [5.74, 6) is 0. The maximum Gasteiger partial charge on any atom is 0.242 e. The number of ether oxygens (including phenoxy) is 1. The summed E-state index contributed by atoms with van der Waals surface area (Å²) in [6.45, 7) is 6.05. The van der Waals surface area contributed by atoms with Crippen LogP contribution in [0.25, 0.3) is 0 Å². The number of rotatable bonds is 10. The first-order valence-electron chi connectivity index (χ1n) is 7.28. The average Bonchev–Trinajstić information content (AvgIpc) is 2.79. The van der Waals surface area contributed by atoms with E-state index in [4.69, 9.17) is 4.74 Å². The van der Waals surface area contributed by atoms with Gasteiger partial charge >= 0.3 is 0 Å². The highest BCUT2D eigenvalue weighted by atomic mass is 32.2. The van der Waals surface area contributed by atoms with E-state index in [1.807, 2.05) is 18.5 Å². The fraction of sp³-hybridized carbons (Fsp3) is 0.714. The number of hydrogen-bond donors (Lipinski definition) is 2. The minimum Gasteiger partial charge on any atom is -0.385 e. The molecule has 0 aliphatic heterocycles. The molecule has 0 aliphatic rings. The lowest BCUT2D eigenvalue weighted by molar-refractivity contribution is 0.188. The summed E-state index contributed by atoms with van der Waals surface area (Å²) in [6.07, 6.45) is 3.34. The largest absolute Gasteiger partial charge is 0.385 e. The molecule has 6 nitrogen and oxygen atoms in total. The van der Waals surface area contributed by atoms with Crippen LogP contribution in [0.15, 0.2) is 17.2 Å². The van der Waals surface area contributed by atoms with Gasteiger partial charge in [0, 0.05) is 45.2 Å². The topological polar surface area (TPSA) is 72.4 Å². The zero-order valence-electron chi connectivity index (χ0n) is 13.3. The van der Waals surface area contributed by atoms with E-state index in [9.17, 15) is 8.42 Å². The van der Waals surface area contributed by atoms with E-state index in [0.29, 0.717) is 24.5 Å².